The van der Waals surface area contributed by atoms with Crippen LogP contribution in [-0.4, -0.2) is 37.9 Å². The van der Waals surface area contributed by atoms with E-state index in [2.05, 4.69) is 4.98 Å². The summed E-state index contributed by atoms with van der Waals surface area (Å²) in [5.41, 5.74) is 1.93. The normalized spacial score (nSPS) is 10.3. The predicted octanol–water partition coefficient (Wildman–Crippen LogP) is 2.95. The largest absolute Gasteiger partial charge is 0.491 e. The molecule has 0 saturated heterocycles. The summed E-state index contributed by atoms with van der Waals surface area (Å²) in [4.78, 5) is 16.0. The molecule has 1 heterocycles. The van der Waals surface area contributed by atoms with Crippen molar-refractivity contribution in [3.8, 4) is 17.0 Å². The number of pyridine rings is 1. The first kappa shape index (κ1) is 16.0. The van der Waals surface area contributed by atoms with Crippen molar-refractivity contribution in [2.75, 3.05) is 26.9 Å². The molecule has 5 nitrogen and oxygen atoms in total. The van der Waals surface area contributed by atoms with Crippen LogP contribution in [0.2, 0.25) is 0 Å². The topological polar surface area (TPSA) is 57.7 Å². The lowest BCUT2D eigenvalue weighted by Gasteiger charge is -2.07. The molecule has 2 aromatic rings. The third kappa shape index (κ3) is 4.30. The molecule has 0 saturated carbocycles. The zero-order valence-corrected chi connectivity index (χ0v) is 12.7. The van der Waals surface area contributed by atoms with Gasteiger partial charge in [0.1, 0.15) is 18.1 Å². The van der Waals surface area contributed by atoms with Gasteiger partial charge >= 0.3 is 5.97 Å². The third-order valence-corrected chi connectivity index (χ3v) is 2.94. The van der Waals surface area contributed by atoms with Gasteiger partial charge in [0.05, 0.1) is 18.9 Å². The molecule has 116 valence electrons. The highest BCUT2D eigenvalue weighted by Gasteiger charge is 2.09. The van der Waals surface area contributed by atoms with Crippen molar-refractivity contribution in [2.24, 2.45) is 0 Å². The summed E-state index contributed by atoms with van der Waals surface area (Å²) in [6.45, 7) is 3.15. The van der Waals surface area contributed by atoms with E-state index in [1.54, 1.807) is 26.2 Å². The van der Waals surface area contributed by atoms with E-state index in [1.807, 2.05) is 30.3 Å². The highest BCUT2D eigenvalue weighted by Crippen LogP contribution is 2.21. The molecular weight excluding hydrogens is 282 g/mol. The quantitative estimate of drug-likeness (QED) is 0.581. The number of carbonyl (C=O) groups excluding carboxylic acids is 1. The van der Waals surface area contributed by atoms with Crippen molar-refractivity contribution in [3.05, 3.63) is 48.2 Å². The lowest BCUT2D eigenvalue weighted by atomic mass is 10.1. The maximum atomic E-state index is 11.7. The summed E-state index contributed by atoms with van der Waals surface area (Å²) in [6.07, 6.45) is 0. The van der Waals surface area contributed by atoms with E-state index < -0.39 is 5.97 Å². The molecule has 2 rings (SSSR count). The maximum absolute atomic E-state index is 11.7. The number of benzene rings is 1. The lowest BCUT2D eigenvalue weighted by Crippen LogP contribution is -2.07. The maximum Gasteiger partial charge on any atom is 0.356 e. The van der Waals surface area contributed by atoms with E-state index >= 15 is 0 Å². The zero-order chi connectivity index (χ0) is 15.8. The molecule has 1 aromatic heterocycles. The minimum atomic E-state index is -0.413. The van der Waals surface area contributed by atoms with Gasteiger partial charge in [0.2, 0.25) is 0 Å². The molecule has 0 N–H and O–H groups in total. The Balaban J connectivity index is 2.11. The Kier molecular flexibility index (Phi) is 5.91. The summed E-state index contributed by atoms with van der Waals surface area (Å²) in [6, 6.07) is 12.8. The second-order valence-electron chi connectivity index (χ2n) is 4.49. The van der Waals surface area contributed by atoms with Gasteiger partial charge in [-0.3, -0.25) is 0 Å². The number of rotatable bonds is 7. The smallest absolute Gasteiger partial charge is 0.356 e. The van der Waals surface area contributed by atoms with Crippen LogP contribution in [0.15, 0.2) is 42.5 Å². The van der Waals surface area contributed by atoms with Gasteiger partial charge in [-0.2, -0.15) is 0 Å². The van der Waals surface area contributed by atoms with Crippen LogP contribution in [0.25, 0.3) is 11.3 Å². The number of ether oxygens (including phenoxy) is 3. The minimum Gasteiger partial charge on any atom is -0.491 e. The Hall–Kier alpha value is -2.40. The van der Waals surface area contributed by atoms with Crippen LogP contribution in [0, 0.1) is 0 Å². The van der Waals surface area contributed by atoms with Crippen LogP contribution in [0.3, 0.4) is 0 Å². The second kappa shape index (κ2) is 8.14. The molecule has 0 fully saturated rings. The Morgan fingerprint density at radius 2 is 1.86 bits per heavy atom. The molecule has 0 unspecified atom stereocenters. The van der Waals surface area contributed by atoms with Crippen LogP contribution in [0.5, 0.6) is 5.75 Å². The summed E-state index contributed by atoms with van der Waals surface area (Å²) < 4.78 is 15.4. The highest BCUT2D eigenvalue weighted by atomic mass is 16.5. The van der Waals surface area contributed by atoms with Crippen LogP contribution in [-0.2, 0) is 9.47 Å². The molecule has 0 spiro atoms. The molecular formula is C17H19NO4. The fourth-order valence-electron chi connectivity index (χ4n) is 1.88. The van der Waals surface area contributed by atoms with E-state index in [0.717, 1.165) is 11.3 Å². The number of nitrogens with zero attached hydrogens (tertiary/aromatic N) is 1. The predicted molar refractivity (Wildman–Crippen MR) is 83.0 cm³/mol. The SMILES string of the molecule is CCOC(=O)c1cccc(-c2ccc(OCCOC)cc2)n1. The fourth-order valence-corrected chi connectivity index (χ4v) is 1.88. The number of carbonyl (C=O) groups is 1. The molecule has 0 aliphatic carbocycles. The van der Waals surface area contributed by atoms with Gasteiger partial charge in [0, 0.05) is 12.7 Å². The molecule has 0 aliphatic heterocycles. The molecule has 5 heteroatoms. The Morgan fingerprint density at radius 1 is 1.09 bits per heavy atom. The van der Waals surface area contributed by atoms with E-state index in [-0.39, 0.29) is 0 Å². The summed E-state index contributed by atoms with van der Waals surface area (Å²) in [5, 5.41) is 0. The number of hydrogen-bond donors (Lipinski definition) is 0. The third-order valence-electron chi connectivity index (χ3n) is 2.94. The van der Waals surface area contributed by atoms with E-state index in [1.165, 1.54) is 0 Å². The van der Waals surface area contributed by atoms with Crippen molar-refractivity contribution >= 4 is 5.97 Å². The van der Waals surface area contributed by atoms with Crippen LogP contribution < -0.4 is 4.74 Å². The van der Waals surface area contributed by atoms with E-state index in [0.29, 0.717) is 31.2 Å². The molecule has 0 atom stereocenters. The molecule has 0 aliphatic rings. The highest BCUT2D eigenvalue weighted by molar-refractivity contribution is 5.87. The number of hydrogen-bond acceptors (Lipinski definition) is 5. The average molecular weight is 301 g/mol. The van der Waals surface area contributed by atoms with Gasteiger partial charge in [0.25, 0.3) is 0 Å². The molecule has 0 bridgehead atoms. The Labute approximate surface area is 129 Å². The van der Waals surface area contributed by atoms with E-state index in [9.17, 15) is 4.79 Å². The lowest BCUT2D eigenvalue weighted by molar-refractivity contribution is 0.0519. The number of esters is 1. The van der Waals surface area contributed by atoms with Crippen molar-refractivity contribution in [2.45, 2.75) is 6.92 Å². The summed E-state index contributed by atoms with van der Waals surface area (Å²) in [5.74, 6) is 0.353. The van der Waals surface area contributed by atoms with Crippen molar-refractivity contribution in [1.29, 1.82) is 0 Å². The standard InChI is InChI=1S/C17H19NO4/c1-3-21-17(19)16-6-4-5-15(18-16)13-7-9-14(10-8-13)22-12-11-20-2/h4-10H,3,11-12H2,1-2H3. The molecule has 0 amide bonds. The second-order valence-corrected chi connectivity index (χ2v) is 4.49. The fraction of sp³-hybridized carbons (Fsp3) is 0.294. The first-order valence-electron chi connectivity index (χ1n) is 7.11. The molecule has 22 heavy (non-hydrogen) atoms. The Bertz CT molecular complexity index is 610. The first-order valence-corrected chi connectivity index (χ1v) is 7.11. The zero-order valence-electron chi connectivity index (χ0n) is 12.7. The number of methoxy groups -OCH3 is 1. The van der Waals surface area contributed by atoms with Crippen molar-refractivity contribution in [1.82, 2.24) is 4.98 Å². The van der Waals surface area contributed by atoms with Crippen molar-refractivity contribution in [3.63, 3.8) is 0 Å². The molecule has 0 radical (unpaired) electrons. The van der Waals surface area contributed by atoms with Gasteiger partial charge in [-0.25, -0.2) is 9.78 Å². The van der Waals surface area contributed by atoms with Gasteiger partial charge in [-0.05, 0) is 43.3 Å². The van der Waals surface area contributed by atoms with Crippen molar-refractivity contribution < 1.29 is 19.0 Å². The monoisotopic (exact) mass is 301 g/mol. The average Bonchev–Trinajstić information content (AvgIpc) is 2.56. The van der Waals surface area contributed by atoms with Gasteiger partial charge in [-0.15, -0.1) is 0 Å². The minimum absolute atomic E-state index is 0.305. The Morgan fingerprint density at radius 3 is 2.55 bits per heavy atom. The van der Waals surface area contributed by atoms with Gasteiger partial charge in [0.15, 0.2) is 0 Å². The first-order chi connectivity index (χ1) is 10.7. The van der Waals surface area contributed by atoms with Crippen LogP contribution in [0.1, 0.15) is 17.4 Å². The summed E-state index contributed by atoms with van der Waals surface area (Å²) >= 11 is 0. The van der Waals surface area contributed by atoms with Gasteiger partial charge in [-0.1, -0.05) is 6.07 Å². The van der Waals surface area contributed by atoms with Crippen LogP contribution in [0.4, 0.5) is 0 Å². The molecule has 1 aromatic carbocycles. The van der Waals surface area contributed by atoms with Gasteiger partial charge < -0.3 is 14.2 Å². The summed E-state index contributed by atoms with van der Waals surface area (Å²) in [7, 11) is 1.63. The van der Waals surface area contributed by atoms with E-state index in [4.69, 9.17) is 14.2 Å². The van der Waals surface area contributed by atoms with Crippen LogP contribution >= 0.6 is 0 Å². The number of aromatic nitrogens is 1.